The summed E-state index contributed by atoms with van der Waals surface area (Å²) in [5.41, 5.74) is 0. The van der Waals surface area contributed by atoms with Crippen molar-refractivity contribution in [1.29, 1.82) is 0 Å². The van der Waals surface area contributed by atoms with E-state index < -0.39 is 37.2 Å². The van der Waals surface area contributed by atoms with E-state index in [4.69, 9.17) is 4.74 Å². The third kappa shape index (κ3) is 3.93. The summed E-state index contributed by atoms with van der Waals surface area (Å²) in [5, 5.41) is -0.889. The molecule has 0 aromatic heterocycles. The standard InChI is InChI=1S/C11H19NO7S2/c1-18-11(13)6-9-7-12(3-4-19-9)21(16,17)10-2-5-20(14,15)8-10/h9-10H,2-8H2,1H3. The van der Waals surface area contributed by atoms with E-state index in [0.717, 1.165) is 0 Å². The van der Waals surface area contributed by atoms with E-state index in [1.165, 1.54) is 11.4 Å². The maximum Gasteiger partial charge on any atom is 0.308 e. The first-order chi connectivity index (χ1) is 9.74. The summed E-state index contributed by atoms with van der Waals surface area (Å²) in [7, 11) is -5.70. The molecule has 2 aliphatic heterocycles. The lowest BCUT2D eigenvalue weighted by Crippen LogP contribution is -2.49. The van der Waals surface area contributed by atoms with Crippen LogP contribution in [0, 0.1) is 0 Å². The Morgan fingerprint density at radius 3 is 2.71 bits per heavy atom. The monoisotopic (exact) mass is 341 g/mol. The molecule has 0 aromatic rings. The number of sulfonamides is 1. The largest absolute Gasteiger partial charge is 0.469 e. The maximum atomic E-state index is 12.5. The third-order valence-electron chi connectivity index (χ3n) is 3.70. The van der Waals surface area contributed by atoms with Gasteiger partial charge in [0.2, 0.25) is 10.0 Å². The quantitative estimate of drug-likeness (QED) is 0.589. The van der Waals surface area contributed by atoms with Crippen molar-refractivity contribution in [3.05, 3.63) is 0 Å². The molecule has 0 N–H and O–H groups in total. The summed E-state index contributed by atoms with van der Waals surface area (Å²) in [6.07, 6.45) is -0.450. The average molecular weight is 341 g/mol. The number of hydrogen-bond acceptors (Lipinski definition) is 7. The van der Waals surface area contributed by atoms with Gasteiger partial charge in [-0.3, -0.25) is 4.79 Å². The van der Waals surface area contributed by atoms with Crippen LogP contribution in [0.15, 0.2) is 0 Å². The van der Waals surface area contributed by atoms with E-state index in [9.17, 15) is 21.6 Å². The number of rotatable bonds is 4. The molecular formula is C11H19NO7S2. The Hall–Kier alpha value is -0.710. The predicted octanol–water partition coefficient (Wildman–Crippen LogP) is -1.23. The molecule has 2 aliphatic rings. The molecule has 0 radical (unpaired) electrons. The Balaban J connectivity index is 2.05. The Morgan fingerprint density at radius 2 is 2.14 bits per heavy atom. The first-order valence-corrected chi connectivity index (χ1v) is 9.95. The molecule has 0 amide bonds. The molecule has 2 rings (SSSR count). The number of carbonyl (C=O) groups is 1. The zero-order valence-corrected chi connectivity index (χ0v) is 13.4. The number of carbonyl (C=O) groups excluding carboxylic acids is 1. The summed E-state index contributed by atoms with van der Waals surface area (Å²) < 4.78 is 59.0. The molecule has 21 heavy (non-hydrogen) atoms. The number of nitrogens with zero attached hydrogens (tertiary/aromatic N) is 1. The maximum absolute atomic E-state index is 12.5. The first-order valence-electron chi connectivity index (χ1n) is 6.62. The normalized spacial score (nSPS) is 30.1. The lowest BCUT2D eigenvalue weighted by molar-refractivity contribution is -0.145. The molecule has 2 unspecified atom stereocenters. The molecule has 0 bridgehead atoms. The molecule has 0 saturated carbocycles. The van der Waals surface area contributed by atoms with Crippen LogP contribution in [-0.2, 0) is 34.1 Å². The van der Waals surface area contributed by atoms with Crippen LogP contribution in [0.3, 0.4) is 0 Å². The van der Waals surface area contributed by atoms with Crippen molar-refractivity contribution in [2.24, 2.45) is 0 Å². The van der Waals surface area contributed by atoms with Gasteiger partial charge in [-0.05, 0) is 6.42 Å². The Morgan fingerprint density at radius 1 is 1.43 bits per heavy atom. The van der Waals surface area contributed by atoms with Crippen molar-refractivity contribution in [2.45, 2.75) is 24.2 Å². The van der Waals surface area contributed by atoms with Gasteiger partial charge in [-0.2, -0.15) is 4.31 Å². The molecule has 122 valence electrons. The number of methoxy groups -OCH3 is 1. The molecule has 0 spiro atoms. The Labute approximate surface area is 124 Å². The van der Waals surface area contributed by atoms with Crippen molar-refractivity contribution in [3.63, 3.8) is 0 Å². The molecule has 8 nitrogen and oxygen atoms in total. The summed E-state index contributed by atoms with van der Waals surface area (Å²) >= 11 is 0. The first kappa shape index (κ1) is 16.7. The van der Waals surface area contributed by atoms with Gasteiger partial charge in [0.05, 0.1) is 43.0 Å². The van der Waals surface area contributed by atoms with E-state index in [1.54, 1.807) is 0 Å². The zero-order valence-electron chi connectivity index (χ0n) is 11.7. The van der Waals surface area contributed by atoms with Crippen molar-refractivity contribution in [3.8, 4) is 0 Å². The van der Waals surface area contributed by atoms with Crippen molar-refractivity contribution in [1.82, 2.24) is 4.31 Å². The second-order valence-corrected chi connectivity index (χ2v) is 9.64. The van der Waals surface area contributed by atoms with Crippen LogP contribution in [0.25, 0.3) is 0 Å². The van der Waals surface area contributed by atoms with Gasteiger partial charge in [0.1, 0.15) is 0 Å². The zero-order chi connectivity index (χ0) is 15.7. The lowest BCUT2D eigenvalue weighted by Gasteiger charge is -2.33. The number of hydrogen-bond donors (Lipinski definition) is 0. The smallest absolute Gasteiger partial charge is 0.308 e. The Kier molecular flexibility index (Phi) is 4.91. The lowest BCUT2D eigenvalue weighted by atomic mass is 10.2. The van der Waals surface area contributed by atoms with Crippen LogP contribution in [0.4, 0.5) is 0 Å². The summed E-state index contributed by atoms with van der Waals surface area (Å²) in [4.78, 5) is 11.2. The summed E-state index contributed by atoms with van der Waals surface area (Å²) in [6.45, 7) is 0.408. The molecule has 10 heteroatoms. The van der Waals surface area contributed by atoms with Crippen molar-refractivity contribution >= 4 is 25.8 Å². The highest BCUT2D eigenvalue weighted by molar-refractivity contribution is 7.95. The minimum atomic E-state index is -3.69. The third-order valence-corrected chi connectivity index (χ3v) is 7.97. The second kappa shape index (κ2) is 6.19. The van der Waals surface area contributed by atoms with Gasteiger partial charge in [0.25, 0.3) is 0 Å². The topological polar surface area (TPSA) is 107 Å². The van der Waals surface area contributed by atoms with E-state index >= 15 is 0 Å². The predicted molar refractivity (Wildman–Crippen MR) is 73.9 cm³/mol. The second-order valence-electron chi connectivity index (χ2n) is 5.20. The van der Waals surface area contributed by atoms with Crippen LogP contribution in [0.5, 0.6) is 0 Å². The van der Waals surface area contributed by atoms with E-state index in [2.05, 4.69) is 4.74 Å². The van der Waals surface area contributed by atoms with Gasteiger partial charge in [-0.25, -0.2) is 16.8 Å². The average Bonchev–Trinajstić information content (AvgIpc) is 2.80. The fourth-order valence-corrected chi connectivity index (χ4v) is 7.07. The van der Waals surface area contributed by atoms with Gasteiger partial charge >= 0.3 is 5.97 Å². The van der Waals surface area contributed by atoms with Crippen LogP contribution in [0.1, 0.15) is 12.8 Å². The van der Waals surface area contributed by atoms with Crippen molar-refractivity contribution in [2.75, 3.05) is 38.3 Å². The fourth-order valence-electron chi connectivity index (χ4n) is 2.52. The van der Waals surface area contributed by atoms with E-state index in [1.807, 2.05) is 0 Å². The highest BCUT2D eigenvalue weighted by Gasteiger charge is 2.42. The molecule has 0 aliphatic carbocycles. The van der Waals surface area contributed by atoms with Gasteiger partial charge in [0, 0.05) is 13.1 Å². The molecule has 2 saturated heterocycles. The minimum Gasteiger partial charge on any atom is -0.469 e. The number of ether oxygens (including phenoxy) is 2. The Bertz CT molecular complexity index is 598. The van der Waals surface area contributed by atoms with Crippen LogP contribution < -0.4 is 0 Å². The van der Waals surface area contributed by atoms with Gasteiger partial charge in [-0.15, -0.1) is 0 Å². The summed E-state index contributed by atoms with van der Waals surface area (Å²) in [5.74, 6) is -0.885. The van der Waals surface area contributed by atoms with E-state index in [-0.39, 0.29) is 44.0 Å². The van der Waals surface area contributed by atoms with E-state index in [0.29, 0.717) is 0 Å². The molecule has 2 fully saturated rings. The van der Waals surface area contributed by atoms with Gasteiger partial charge in [0.15, 0.2) is 9.84 Å². The van der Waals surface area contributed by atoms with Crippen molar-refractivity contribution < 1.29 is 31.1 Å². The molecule has 2 atom stereocenters. The van der Waals surface area contributed by atoms with Gasteiger partial charge in [-0.1, -0.05) is 0 Å². The van der Waals surface area contributed by atoms with Gasteiger partial charge < -0.3 is 9.47 Å². The highest BCUT2D eigenvalue weighted by atomic mass is 32.2. The molecule has 2 heterocycles. The summed E-state index contributed by atoms with van der Waals surface area (Å²) in [6, 6.07) is 0. The SMILES string of the molecule is COC(=O)CC1CN(S(=O)(=O)C2CCS(=O)(=O)C2)CCO1. The highest BCUT2D eigenvalue weighted by Crippen LogP contribution is 2.24. The minimum absolute atomic E-state index is 0.0223. The fraction of sp³-hybridized carbons (Fsp3) is 0.909. The molecule has 0 aromatic carbocycles. The molecular weight excluding hydrogens is 322 g/mol. The number of esters is 1. The number of sulfone groups is 1. The number of morpholine rings is 1. The van der Waals surface area contributed by atoms with Crippen LogP contribution in [-0.4, -0.2) is 76.8 Å². The van der Waals surface area contributed by atoms with Crippen LogP contribution in [0.2, 0.25) is 0 Å². The van der Waals surface area contributed by atoms with Crippen LogP contribution >= 0.6 is 0 Å².